The fourth-order valence-electron chi connectivity index (χ4n) is 4.14. The van der Waals surface area contributed by atoms with Crippen LogP contribution in [0, 0.1) is 19.7 Å². The molecule has 0 unspecified atom stereocenters. The van der Waals surface area contributed by atoms with Crippen molar-refractivity contribution in [1.29, 1.82) is 0 Å². The number of pyridine rings is 1. The van der Waals surface area contributed by atoms with Gasteiger partial charge < -0.3 is 15.5 Å². The molecule has 1 saturated heterocycles. The molecule has 0 aromatic carbocycles. The van der Waals surface area contributed by atoms with Gasteiger partial charge in [0, 0.05) is 48.8 Å². The second-order valence-electron chi connectivity index (χ2n) is 8.89. The maximum atomic E-state index is 13.1. The van der Waals surface area contributed by atoms with Crippen LogP contribution < -0.4 is 15.5 Å². The smallest absolute Gasteiger partial charge is 0.227 e. The number of nitrogens with zero attached hydrogens (tertiary/aromatic N) is 7. The van der Waals surface area contributed by atoms with E-state index in [-0.39, 0.29) is 18.4 Å². The first kappa shape index (κ1) is 23.4. The molecule has 12 heteroatoms. The molecule has 5 heterocycles. The Bertz CT molecular complexity index is 1340. The number of rotatable bonds is 7. The number of halogens is 1. The normalized spacial score (nSPS) is 14.1. The van der Waals surface area contributed by atoms with Crippen molar-refractivity contribution in [3.05, 3.63) is 65.6 Å². The van der Waals surface area contributed by atoms with E-state index in [1.54, 1.807) is 18.3 Å². The zero-order valence-electron chi connectivity index (χ0n) is 20.1. The van der Waals surface area contributed by atoms with Crippen LogP contribution in [-0.4, -0.2) is 60.0 Å². The summed E-state index contributed by atoms with van der Waals surface area (Å²) >= 11 is 0. The molecule has 1 amide bonds. The SMILES string of the molecule is Cc1cc(Nc2cc(C)[nH]n2)nc(N2CCC(NC(=O)Cc3ccc(-n4cc(F)cn4)nc3)CC2)n1. The second kappa shape index (κ2) is 10.1. The lowest BCUT2D eigenvalue weighted by atomic mass is 10.0. The molecule has 1 fully saturated rings. The lowest BCUT2D eigenvalue weighted by Gasteiger charge is -2.32. The molecule has 36 heavy (non-hydrogen) atoms. The summed E-state index contributed by atoms with van der Waals surface area (Å²) in [5.41, 5.74) is 2.61. The van der Waals surface area contributed by atoms with E-state index in [4.69, 9.17) is 0 Å². The Morgan fingerprint density at radius 3 is 2.64 bits per heavy atom. The number of hydrogen-bond donors (Lipinski definition) is 3. The highest BCUT2D eigenvalue weighted by molar-refractivity contribution is 5.78. The lowest BCUT2D eigenvalue weighted by Crippen LogP contribution is -2.45. The zero-order valence-corrected chi connectivity index (χ0v) is 20.1. The monoisotopic (exact) mass is 490 g/mol. The van der Waals surface area contributed by atoms with Gasteiger partial charge in [-0.1, -0.05) is 6.07 Å². The molecule has 186 valence electrons. The van der Waals surface area contributed by atoms with Crippen molar-refractivity contribution in [3.63, 3.8) is 0 Å². The van der Waals surface area contributed by atoms with Crippen molar-refractivity contribution < 1.29 is 9.18 Å². The van der Waals surface area contributed by atoms with E-state index in [9.17, 15) is 9.18 Å². The molecule has 1 aliphatic rings. The summed E-state index contributed by atoms with van der Waals surface area (Å²) < 4.78 is 14.5. The first-order valence-corrected chi connectivity index (χ1v) is 11.8. The van der Waals surface area contributed by atoms with Crippen LogP contribution in [0.3, 0.4) is 0 Å². The Morgan fingerprint density at radius 2 is 1.97 bits per heavy atom. The number of carbonyl (C=O) groups excluding carboxylic acids is 1. The van der Waals surface area contributed by atoms with Gasteiger partial charge in [-0.3, -0.25) is 9.89 Å². The van der Waals surface area contributed by atoms with Gasteiger partial charge in [0.2, 0.25) is 11.9 Å². The molecule has 0 aliphatic carbocycles. The fourth-order valence-corrected chi connectivity index (χ4v) is 4.14. The molecule has 0 bridgehead atoms. The molecule has 5 rings (SSSR count). The number of aromatic amines is 1. The molecule has 1 aliphatic heterocycles. The van der Waals surface area contributed by atoms with E-state index in [1.165, 1.54) is 10.9 Å². The van der Waals surface area contributed by atoms with E-state index in [0.29, 0.717) is 23.4 Å². The molecule has 0 radical (unpaired) electrons. The van der Waals surface area contributed by atoms with Crippen LogP contribution in [0.5, 0.6) is 0 Å². The van der Waals surface area contributed by atoms with Gasteiger partial charge in [0.05, 0.1) is 18.8 Å². The number of H-pyrrole nitrogens is 1. The summed E-state index contributed by atoms with van der Waals surface area (Å²) in [7, 11) is 0. The zero-order chi connectivity index (χ0) is 25.1. The Labute approximate surface area is 207 Å². The number of piperidine rings is 1. The van der Waals surface area contributed by atoms with Crippen LogP contribution in [0.15, 0.2) is 42.9 Å². The third kappa shape index (κ3) is 5.65. The lowest BCUT2D eigenvalue weighted by molar-refractivity contribution is -0.121. The Hall–Kier alpha value is -4.35. The standard InChI is InChI=1S/C24H27FN10O/c1-15-9-20(30-21-10-16(2)32-33-21)31-24(28-15)34-7-5-19(6-8-34)29-23(36)11-17-3-4-22(26-12-17)35-14-18(25)13-27-35/h3-4,9-10,12-14,19H,5-8,11H2,1-2H3,(H,29,36)(H2,28,30,31,32,33). The van der Waals surface area contributed by atoms with Gasteiger partial charge in [-0.15, -0.1) is 0 Å². The average molecular weight is 491 g/mol. The quantitative estimate of drug-likeness (QED) is 0.361. The van der Waals surface area contributed by atoms with E-state index < -0.39 is 5.82 Å². The van der Waals surface area contributed by atoms with E-state index in [1.807, 2.05) is 26.0 Å². The average Bonchev–Trinajstić information content (AvgIpc) is 3.47. The summed E-state index contributed by atoms with van der Waals surface area (Å²) in [4.78, 5) is 28.3. The number of carbonyl (C=O) groups is 1. The van der Waals surface area contributed by atoms with Gasteiger partial charge in [-0.05, 0) is 38.3 Å². The third-order valence-electron chi connectivity index (χ3n) is 5.91. The van der Waals surface area contributed by atoms with Crippen molar-refractivity contribution >= 4 is 23.5 Å². The van der Waals surface area contributed by atoms with Gasteiger partial charge in [0.15, 0.2) is 17.5 Å². The highest BCUT2D eigenvalue weighted by Crippen LogP contribution is 2.21. The summed E-state index contributed by atoms with van der Waals surface area (Å²) in [6.07, 6.45) is 5.81. The minimum atomic E-state index is -0.429. The maximum absolute atomic E-state index is 13.1. The van der Waals surface area contributed by atoms with E-state index in [0.717, 1.165) is 49.1 Å². The second-order valence-corrected chi connectivity index (χ2v) is 8.89. The summed E-state index contributed by atoms with van der Waals surface area (Å²) in [6.45, 7) is 5.36. The van der Waals surface area contributed by atoms with Crippen molar-refractivity contribution in [2.45, 2.75) is 39.2 Å². The Balaban J connectivity index is 1.13. The van der Waals surface area contributed by atoms with Crippen LogP contribution in [0.4, 0.5) is 22.0 Å². The van der Waals surface area contributed by atoms with Gasteiger partial charge >= 0.3 is 0 Å². The fraction of sp³-hybridized carbons (Fsp3) is 0.333. The Morgan fingerprint density at radius 1 is 1.14 bits per heavy atom. The number of aryl methyl sites for hydroxylation is 2. The summed E-state index contributed by atoms with van der Waals surface area (Å²) in [6, 6.07) is 7.40. The molecule has 0 spiro atoms. The first-order chi connectivity index (χ1) is 17.4. The molecule has 3 N–H and O–H groups in total. The van der Waals surface area contributed by atoms with Gasteiger partial charge in [0.25, 0.3) is 0 Å². The van der Waals surface area contributed by atoms with Crippen molar-refractivity contribution in [1.82, 2.24) is 40.2 Å². The van der Waals surface area contributed by atoms with E-state index >= 15 is 0 Å². The van der Waals surface area contributed by atoms with Crippen LogP contribution in [0.25, 0.3) is 5.82 Å². The van der Waals surface area contributed by atoms with Gasteiger partial charge in [0.1, 0.15) is 5.82 Å². The third-order valence-corrected chi connectivity index (χ3v) is 5.91. The maximum Gasteiger partial charge on any atom is 0.227 e. The van der Waals surface area contributed by atoms with E-state index in [2.05, 4.69) is 45.8 Å². The summed E-state index contributed by atoms with van der Waals surface area (Å²) in [5, 5.41) is 17.3. The number of aromatic nitrogens is 7. The van der Waals surface area contributed by atoms with Gasteiger partial charge in [-0.2, -0.15) is 15.2 Å². The van der Waals surface area contributed by atoms with Crippen LogP contribution in [-0.2, 0) is 11.2 Å². The molecule has 0 atom stereocenters. The molecule has 4 aromatic heterocycles. The number of nitrogens with one attached hydrogen (secondary N) is 3. The van der Waals surface area contributed by atoms with Crippen molar-refractivity contribution in [2.24, 2.45) is 0 Å². The van der Waals surface area contributed by atoms with Crippen molar-refractivity contribution in [2.75, 3.05) is 23.3 Å². The van der Waals surface area contributed by atoms with Crippen LogP contribution in [0.1, 0.15) is 29.8 Å². The number of anilines is 3. The minimum absolute atomic E-state index is 0.0549. The predicted octanol–water partition coefficient (Wildman–Crippen LogP) is 2.61. The predicted molar refractivity (Wildman–Crippen MR) is 132 cm³/mol. The van der Waals surface area contributed by atoms with Crippen LogP contribution in [0.2, 0.25) is 0 Å². The van der Waals surface area contributed by atoms with Gasteiger partial charge in [-0.25, -0.2) is 19.0 Å². The topological polar surface area (TPSA) is 130 Å². The summed E-state index contributed by atoms with van der Waals surface area (Å²) in [5.74, 6) is 2.07. The van der Waals surface area contributed by atoms with Crippen LogP contribution >= 0.6 is 0 Å². The number of hydrogen-bond acceptors (Lipinski definition) is 8. The minimum Gasteiger partial charge on any atom is -0.353 e. The first-order valence-electron chi connectivity index (χ1n) is 11.8. The van der Waals surface area contributed by atoms with Crippen molar-refractivity contribution in [3.8, 4) is 5.82 Å². The largest absolute Gasteiger partial charge is 0.353 e. The number of amides is 1. The molecular formula is C24H27FN10O. The molecule has 11 nitrogen and oxygen atoms in total. The molecular weight excluding hydrogens is 463 g/mol. The molecule has 0 saturated carbocycles. The highest BCUT2D eigenvalue weighted by Gasteiger charge is 2.23. The highest BCUT2D eigenvalue weighted by atomic mass is 19.1. The molecule has 4 aromatic rings. The Kier molecular flexibility index (Phi) is 6.56.